The highest BCUT2D eigenvalue weighted by Crippen LogP contribution is 2.37. The summed E-state index contributed by atoms with van der Waals surface area (Å²) in [6.45, 7) is 2.60. The van der Waals surface area contributed by atoms with Crippen molar-refractivity contribution in [3.63, 3.8) is 0 Å². The van der Waals surface area contributed by atoms with Crippen molar-refractivity contribution in [2.45, 2.75) is 11.8 Å². The van der Waals surface area contributed by atoms with E-state index in [1.165, 1.54) is 0 Å². The predicted octanol–water partition coefficient (Wildman–Crippen LogP) is 6.64. The number of hydrogen-bond donors (Lipinski definition) is 0. The van der Waals surface area contributed by atoms with E-state index in [1.54, 1.807) is 6.07 Å². The van der Waals surface area contributed by atoms with Crippen LogP contribution in [0.5, 0.6) is 5.75 Å². The number of halogens is 4. The van der Waals surface area contributed by atoms with Crippen LogP contribution in [0.25, 0.3) is 0 Å². The Labute approximate surface area is 145 Å². The van der Waals surface area contributed by atoms with Gasteiger partial charge in [0, 0.05) is 10.0 Å². The Bertz CT molecular complexity index is 597. The van der Waals surface area contributed by atoms with E-state index >= 15 is 0 Å². The Balaban J connectivity index is 2.33. The molecule has 0 radical (unpaired) electrons. The monoisotopic (exact) mass is 436 g/mol. The van der Waals surface area contributed by atoms with Gasteiger partial charge in [0.15, 0.2) is 0 Å². The molecule has 0 saturated heterocycles. The third-order valence-corrected chi connectivity index (χ3v) is 4.84. The number of rotatable bonds is 4. The molecule has 0 spiro atoms. The summed E-state index contributed by atoms with van der Waals surface area (Å²) in [7, 11) is 0. The van der Waals surface area contributed by atoms with Crippen LogP contribution in [0.3, 0.4) is 0 Å². The molecule has 2 rings (SSSR count). The van der Waals surface area contributed by atoms with Crippen molar-refractivity contribution in [2.75, 3.05) is 6.61 Å². The van der Waals surface area contributed by atoms with Crippen LogP contribution in [0.15, 0.2) is 40.9 Å². The first-order chi connectivity index (χ1) is 9.51. The molecule has 0 aliphatic heterocycles. The van der Waals surface area contributed by atoms with Gasteiger partial charge in [0.2, 0.25) is 0 Å². The highest BCUT2D eigenvalue weighted by Gasteiger charge is 2.13. The zero-order chi connectivity index (χ0) is 14.7. The van der Waals surface area contributed by atoms with Crippen LogP contribution in [0.1, 0.15) is 22.9 Å². The molecule has 2 aromatic carbocycles. The van der Waals surface area contributed by atoms with E-state index < -0.39 is 0 Å². The molecular formula is C15H12Br2Cl2O. The van der Waals surface area contributed by atoms with Crippen molar-refractivity contribution in [1.82, 2.24) is 0 Å². The largest absolute Gasteiger partial charge is 0.493 e. The Kier molecular flexibility index (Phi) is 5.79. The molecule has 1 atom stereocenters. The highest BCUT2D eigenvalue weighted by atomic mass is 79.9. The Morgan fingerprint density at radius 1 is 1.05 bits per heavy atom. The van der Waals surface area contributed by atoms with Crippen molar-refractivity contribution in [3.05, 3.63) is 62.0 Å². The smallest absolute Gasteiger partial charge is 0.133 e. The van der Waals surface area contributed by atoms with Crippen molar-refractivity contribution >= 4 is 55.1 Å². The molecule has 2 aromatic rings. The lowest BCUT2D eigenvalue weighted by Crippen LogP contribution is -1.96. The van der Waals surface area contributed by atoms with Crippen LogP contribution in [-0.4, -0.2) is 6.61 Å². The summed E-state index contributed by atoms with van der Waals surface area (Å²) in [5.41, 5.74) is 2.11. The number of ether oxygens (including phenoxy) is 1. The van der Waals surface area contributed by atoms with E-state index in [2.05, 4.69) is 31.9 Å². The topological polar surface area (TPSA) is 9.23 Å². The first kappa shape index (κ1) is 16.2. The van der Waals surface area contributed by atoms with Gasteiger partial charge >= 0.3 is 0 Å². The van der Waals surface area contributed by atoms with Gasteiger partial charge in [-0.15, -0.1) is 0 Å². The fourth-order valence-electron chi connectivity index (χ4n) is 1.86. The summed E-state index contributed by atoms with van der Waals surface area (Å²) >= 11 is 19.3. The summed E-state index contributed by atoms with van der Waals surface area (Å²) in [5.74, 6) is 0.833. The van der Waals surface area contributed by atoms with E-state index in [0.717, 1.165) is 21.3 Å². The van der Waals surface area contributed by atoms with Crippen LogP contribution in [0.4, 0.5) is 0 Å². The minimum absolute atomic E-state index is 0.0191. The third-order valence-electron chi connectivity index (χ3n) is 2.73. The molecule has 0 aliphatic rings. The van der Waals surface area contributed by atoms with Crippen LogP contribution in [0, 0.1) is 0 Å². The van der Waals surface area contributed by atoms with Crippen molar-refractivity contribution < 1.29 is 4.74 Å². The molecular weight excluding hydrogens is 427 g/mol. The molecule has 0 bridgehead atoms. The maximum atomic E-state index is 6.04. The zero-order valence-corrected chi connectivity index (χ0v) is 15.4. The Morgan fingerprint density at radius 3 is 2.25 bits per heavy atom. The first-order valence-electron chi connectivity index (χ1n) is 6.03. The maximum Gasteiger partial charge on any atom is 0.133 e. The minimum atomic E-state index is 0.0191. The van der Waals surface area contributed by atoms with Gasteiger partial charge in [0.05, 0.1) is 15.9 Å². The van der Waals surface area contributed by atoms with Gasteiger partial charge in [-0.2, -0.15) is 0 Å². The molecule has 20 heavy (non-hydrogen) atoms. The lowest BCUT2D eigenvalue weighted by Gasteiger charge is -2.14. The van der Waals surface area contributed by atoms with Crippen LogP contribution < -0.4 is 4.74 Å². The average Bonchev–Trinajstić information content (AvgIpc) is 2.39. The molecule has 0 saturated carbocycles. The summed E-state index contributed by atoms with van der Waals surface area (Å²) < 4.78 is 6.44. The molecule has 0 N–H and O–H groups in total. The molecule has 1 unspecified atom stereocenters. The summed E-state index contributed by atoms with van der Waals surface area (Å²) in [5, 5.41) is 1.25. The quantitative estimate of drug-likeness (QED) is 0.486. The third kappa shape index (κ3) is 3.91. The summed E-state index contributed by atoms with van der Waals surface area (Å²) in [6.07, 6.45) is 0. The SMILES string of the molecule is CCOc1ccc(C(Br)c2cc(Cl)cc(Cl)c2)cc1Br. The standard InChI is InChI=1S/C15H12Br2Cl2O/c1-2-20-14-4-3-9(7-13(14)16)15(17)10-5-11(18)8-12(19)6-10/h3-8,15H,2H2,1H3. The van der Waals surface area contributed by atoms with E-state index in [1.807, 2.05) is 37.3 Å². The molecule has 0 fully saturated rings. The number of alkyl halides is 1. The Hall–Kier alpha value is -0.220. The second-order valence-electron chi connectivity index (χ2n) is 4.19. The van der Waals surface area contributed by atoms with Gasteiger partial charge < -0.3 is 4.74 Å². The van der Waals surface area contributed by atoms with Gasteiger partial charge in [-0.25, -0.2) is 0 Å². The number of hydrogen-bond acceptors (Lipinski definition) is 1. The van der Waals surface area contributed by atoms with E-state index in [-0.39, 0.29) is 4.83 Å². The van der Waals surface area contributed by atoms with E-state index in [4.69, 9.17) is 27.9 Å². The van der Waals surface area contributed by atoms with Gasteiger partial charge in [-0.1, -0.05) is 45.2 Å². The zero-order valence-electron chi connectivity index (χ0n) is 10.7. The second-order valence-corrected chi connectivity index (χ2v) is 6.83. The van der Waals surface area contributed by atoms with Crippen LogP contribution >= 0.6 is 55.1 Å². The van der Waals surface area contributed by atoms with Crippen molar-refractivity contribution in [3.8, 4) is 5.75 Å². The first-order valence-corrected chi connectivity index (χ1v) is 8.50. The van der Waals surface area contributed by atoms with Gasteiger partial charge in [0.25, 0.3) is 0 Å². The normalized spacial score (nSPS) is 12.2. The van der Waals surface area contributed by atoms with Crippen LogP contribution in [0.2, 0.25) is 10.0 Å². The van der Waals surface area contributed by atoms with Crippen molar-refractivity contribution in [1.29, 1.82) is 0 Å². The van der Waals surface area contributed by atoms with Crippen molar-refractivity contribution in [2.24, 2.45) is 0 Å². The molecule has 0 aliphatic carbocycles. The van der Waals surface area contributed by atoms with Crippen LogP contribution in [-0.2, 0) is 0 Å². The van der Waals surface area contributed by atoms with Gasteiger partial charge in [0.1, 0.15) is 5.75 Å². The summed E-state index contributed by atoms with van der Waals surface area (Å²) in [4.78, 5) is 0.0191. The van der Waals surface area contributed by atoms with Gasteiger partial charge in [-0.05, 0) is 64.3 Å². The van der Waals surface area contributed by atoms with E-state index in [9.17, 15) is 0 Å². The molecule has 5 heteroatoms. The van der Waals surface area contributed by atoms with Gasteiger partial charge in [-0.3, -0.25) is 0 Å². The molecule has 1 nitrogen and oxygen atoms in total. The second kappa shape index (κ2) is 7.17. The molecule has 0 aromatic heterocycles. The fourth-order valence-corrected chi connectivity index (χ4v) is 3.46. The lowest BCUT2D eigenvalue weighted by molar-refractivity contribution is 0.338. The molecule has 0 heterocycles. The molecule has 0 amide bonds. The van der Waals surface area contributed by atoms with E-state index in [0.29, 0.717) is 16.7 Å². The summed E-state index contributed by atoms with van der Waals surface area (Å²) in [6, 6.07) is 11.5. The molecule has 106 valence electrons. The highest BCUT2D eigenvalue weighted by molar-refractivity contribution is 9.10. The predicted molar refractivity (Wildman–Crippen MR) is 92.5 cm³/mol. The number of benzene rings is 2. The lowest BCUT2D eigenvalue weighted by atomic mass is 10.0. The minimum Gasteiger partial charge on any atom is -0.493 e. The maximum absolute atomic E-state index is 6.04. The average molecular weight is 439 g/mol. The fraction of sp³-hybridized carbons (Fsp3) is 0.200. The Morgan fingerprint density at radius 2 is 1.70 bits per heavy atom.